The lowest BCUT2D eigenvalue weighted by Crippen LogP contribution is -3.14. The van der Waals surface area contributed by atoms with Gasteiger partial charge in [0.15, 0.2) is 23.0 Å². The zero-order valence-corrected chi connectivity index (χ0v) is 17.9. The molecule has 3 heterocycles. The normalized spacial score (nSPS) is 15.0. The number of anilines is 3. The van der Waals surface area contributed by atoms with E-state index in [4.69, 9.17) is 17.3 Å². The number of hydrogen-bond donors (Lipinski definition) is 2. The summed E-state index contributed by atoms with van der Waals surface area (Å²) in [5.74, 6) is 0. The number of hydrogen-bond acceptors (Lipinski definition) is 5. The highest BCUT2D eigenvalue weighted by atomic mass is 32.1. The van der Waals surface area contributed by atoms with Gasteiger partial charge < -0.3 is 15.1 Å². The minimum absolute atomic E-state index is 0.820. The molecule has 1 aliphatic rings. The minimum Gasteiger partial charge on any atom is -0.360 e. The van der Waals surface area contributed by atoms with Crippen molar-refractivity contribution in [3.63, 3.8) is 0 Å². The van der Waals surface area contributed by atoms with Crippen molar-refractivity contribution in [3.8, 4) is 0 Å². The summed E-state index contributed by atoms with van der Waals surface area (Å²) in [7, 11) is 0. The Hall–Kier alpha value is -2.29. The number of quaternary nitrogens is 1. The van der Waals surface area contributed by atoms with Crippen LogP contribution in [0.4, 0.5) is 16.5 Å². The first kappa shape index (κ1) is 19.0. The molecule has 1 aliphatic heterocycles. The molecule has 6 nitrogen and oxygen atoms in total. The molecule has 3 aromatic rings. The summed E-state index contributed by atoms with van der Waals surface area (Å²) in [6.45, 7) is 9.29. The molecular formula is C20H26N6S2+2. The average molecular weight is 415 g/mol. The summed E-state index contributed by atoms with van der Waals surface area (Å²) in [4.78, 5) is 7.03. The second-order valence-corrected chi connectivity index (χ2v) is 8.89. The van der Waals surface area contributed by atoms with Gasteiger partial charge in [0.2, 0.25) is 5.13 Å². The Morgan fingerprint density at radius 1 is 1.18 bits per heavy atom. The minimum atomic E-state index is 0.820. The molecule has 2 aromatic heterocycles. The van der Waals surface area contributed by atoms with Crippen LogP contribution in [0.15, 0.2) is 42.7 Å². The molecule has 0 atom stereocenters. The van der Waals surface area contributed by atoms with Gasteiger partial charge in [0, 0.05) is 23.5 Å². The highest BCUT2D eigenvalue weighted by Crippen LogP contribution is 2.23. The maximum absolute atomic E-state index is 5.56. The van der Waals surface area contributed by atoms with Crippen LogP contribution in [0.2, 0.25) is 0 Å². The number of H-pyrrole nitrogens is 1. The monoisotopic (exact) mass is 414 g/mol. The summed E-state index contributed by atoms with van der Waals surface area (Å²) in [5.41, 5.74) is 4.84. The second-order valence-electron chi connectivity index (χ2n) is 7.27. The van der Waals surface area contributed by atoms with Crippen LogP contribution in [0.1, 0.15) is 11.1 Å². The molecule has 0 aliphatic carbocycles. The number of pyridine rings is 1. The Morgan fingerprint density at radius 2 is 1.93 bits per heavy atom. The molecule has 0 radical (unpaired) electrons. The molecule has 28 heavy (non-hydrogen) atoms. The Balaban J connectivity index is 1.38. The van der Waals surface area contributed by atoms with Crippen LogP contribution in [0.5, 0.6) is 0 Å². The maximum Gasteiger partial charge on any atom is 0.209 e. The van der Waals surface area contributed by atoms with E-state index in [0.29, 0.717) is 0 Å². The van der Waals surface area contributed by atoms with Crippen molar-refractivity contribution in [2.75, 3.05) is 36.4 Å². The van der Waals surface area contributed by atoms with Gasteiger partial charge >= 0.3 is 0 Å². The second kappa shape index (κ2) is 8.38. The highest BCUT2D eigenvalue weighted by Gasteiger charge is 2.21. The van der Waals surface area contributed by atoms with Gasteiger partial charge in [0.1, 0.15) is 0 Å². The molecule has 1 fully saturated rings. The van der Waals surface area contributed by atoms with Crippen molar-refractivity contribution in [1.29, 1.82) is 0 Å². The zero-order chi connectivity index (χ0) is 19.5. The third-order valence-corrected chi connectivity index (χ3v) is 6.36. The fourth-order valence-electron chi connectivity index (χ4n) is 3.57. The van der Waals surface area contributed by atoms with Crippen LogP contribution >= 0.6 is 23.6 Å². The number of aromatic amines is 1. The molecule has 0 spiro atoms. The molecule has 0 unspecified atom stereocenters. The van der Waals surface area contributed by atoms with Gasteiger partial charge in [-0.05, 0) is 37.7 Å². The van der Waals surface area contributed by atoms with Gasteiger partial charge in [-0.1, -0.05) is 29.0 Å². The highest BCUT2D eigenvalue weighted by molar-refractivity contribution is 7.73. The number of nitrogens with one attached hydrogen (secondary N) is 3. The number of piperazine rings is 1. The molecule has 1 saturated heterocycles. The summed E-state index contributed by atoms with van der Waals surface area (Å²) < 4.78 is 2.79. The Morgan fingerprint density at radius 3 is 2.64 bits per heavy atom. The van der Waals surface area contributed by atoms with Crippen molar-refractivity contribution in [1.82, 2.24) is 9.78 Å². The molecule has 146 valence electrons. The van der Waals surface area contributed by atoms with Gasteiger partial charge in [-0.2, -0.15) is 4.68 Å². The lowest BCUT2D eigenvalue weighted by atomic mass is 10.1. The van der Waals surface area contributed by atoms with Gasteiger partial charge in [0.25, 0.3) is 0 Å². The number of aryl methyl sites for hydroxylation is 2. The molecule has 0 amide bonds. The first-order chi connectivity index (χ1) is 13.6. The van der Waals surface area contributed by atoms with E-state index < -0.39 is 0 Å². The SMILES string of the molecule is Cc1ccc(Nc2nn(C[NH+]3CCN(c4cc[nH+]cc4)CC3)c(=S)s2)c(C)c1. The molecular weight excluding hydrogens is 388 g/mol. The average Bonchev–Trinajstić information content (AvgIpc) is 3.04. The fourth-order valence-corrected chi connectivity index (χ4v) is 4.58. The van der Waals surface area contributed by atoms with Crippen LogP contribution in [0, 0.1) is 17.8 Å². The van der Waals surface area contributed by atoms with Crippen LogP contribution < -0.4 is 20.1 Å². The van der Waals surface area contributed by atoms with E-state index in [-0.39, 0.29) is 0 Å². The first-order valence-corrected chi connectivity index (χ1v) is 10.8. The largest absolute Gasteiger partial charge is 0.360 e. The van der Waals surface area contributed by atoms with Crippen molar-refractivity contribution in [2.24, 2.45) is 0 Å². The van der Waals surface area contributed by atoms with E-state index in [0.717, 1.165) is 47.6 Å². The van der Waals surface area contributed by atoms with E-state index in [1.165, 1.54) is 33.1 Å². The summed E-state index contributed by atoms with van der Waals surface area (Å²) in [5, 5.41) is 9.00. The predicted molar refractivity (Wildman–Crippen MR) is 116 cm³/mol. The van der Waals surface area contributed by atoms with E-state index in [9.17, 15) is 0 Å². The quantitative estimate of drug-likeness (QED) is 0.629. The number of rotatable bonds is 5. The predicted octanol–water partition coefficient (Wildman–Crippen LogP) is 2.21. The van der Waals surface area contributed by atoms with E-state index >= 15 is 0 Å². The lowest BCUT2D eigenvalue weighted by molar-refractivity contribution is -0.924. The van der Waals surface area contributed by atoms with Crippen LogP contribution in [-0.2, 0) is 6.67 Å². The molecule has 0 saturated carbocycles. The van der Waals surface area contributed by atoms with Crippen LogP contribution in [0.25, 0.3) is 0 Å². The maximum atomic E-state index is 5.56. The molecule has 4 rings (SSSR count). The molecule has 3 N–H and O–H groups in total. The third kappa shape index (κ3) is 4.40. The fraction of sp³-hybridized carbons (Fsp3) is 0.350. The molecule has 8 heteroatoms. The first-order valence-electron chi connectivity index (χ1n) is 9.55. The van der Waals surface area contributed by atoms with Crippen molar-refractivity contribution in [2.45, 2.75) is 20.5 Å². The van der Waals surface area contributed by atoms with Gasteiger partial charge in [-0.3, -0.25) is 0 Å². The van der Waals surface area contributed by atoms with Gasteiger partial charge in [-0.25, -0.2) is 4.98 Å². The molecule has 0 bridgehead atoms. The summed E-state index contributed by atoms with van der Waals surface area (Å²) >= 11 is 7.10. The number of benzene rings is 1. The van der Waals surface area contributed by atoms with Gasteiger partial charge in [-0.15, -0.1) is 5.10 Å². The number of aromatic nitrogens is 3. The van der Waals surface area contributed by atoms with Gasteiger partial charge in [0.05, 0.1) is 26.2 Å². The Bertz CT molecular complexity index is 989. The van der Waals surface area contributed by atoms with Crippen molar-refractivity contribution >= 4 is 40.1 Å². The number of nitrogens with zero attached hydrogens (tertiary/aromatic N) is 3. The third-order valence-electron chi connectivity index (χ3n) is 5.14. The van der Waals surface area contributed by atoms with Crippen LogP contribution in [0.3, 0.4) is 0 Å². The summed E-state index contributed by atoms with van der Waals surface area (Å²) in [6, 6.07) is 10.7. The van der Waals surface area contributed by atoms with E-state index in [2.05, 4.69) is 59.4 Å². The topological polar surface area (TPSA) is 51.7 Å². The summed E-state index contributed by atoms with van der Waals surface area (Å²) in [6.07, 6.45) is 3.96. The van der Waals surface area contributed by atoms with Crippen molar-refractivity contribution < 1.29 is 9.88 Å². The lowest BCUT2D eigenvalue weighted by Gasteiger charge is -2.33. The standard InChI is InChI=1S/C20H24N6S2/c1-15-3-4-18(16(2)13-15)22-19-23-26(20(27)28-19)14-24-9-11-25(12-10-24)17-5-7-21-8-6-17/h3-8,13H,9-12,14H2,1-2H3,(H,22,23)/p+2. The Kier molecular flexibility index (Phi) is 5.70. The van der Waals surface area contributed by atoms with E-state index in [1.807, 2.05) is 17.1 Å². The van der Waals surface area contributed by atoms with Crippen LogP contribution in [-0.4, -0.2) is 36.0 Å². The smallest absolute Gasteiger partial charge is 0.209 e. The zero-order valence-electron chi connectivity index (χ0n) is 16.2. The van der Waals surface area contributed by atoms with E-state index in [1.54, 1.807) is 0 Å². The Labute approximate surface area is 174 Å². The van der Waals surface area contributed by atoms with Crippen molar-refractivity contribution in [3.05, 3.63) is 57.8 Å². The molecule has 1 aromatic carbocycles.